The molecule has 16 heavy (non-hydrogen) atoms. The van der Waals surface area contributed by atoms with E-state index in [2.05, 4.69) is 10.3 Å². The number of aromatic nitrogens is 2. The Balaban J connectivity index is 2.20. The largest absolute Gasteiger partial charge is 0.478 e. The standard InChI is InChI=1S/C10H13N3O3/c1-3-13-6(2)7(5-11-13)8-4-9(10(14)15)16-12-8/h5,9H,3-4H2,1-2H3,(H,14,15)/t9-/m1/s1. The van der Waals surface area contributed by atoms with E-state index in [-0.39, 0.29) is 0 Å². The highest BCUT2D eigenvalue weighted by Gasteiger charge is 2.29. The van der Waals surface area contributed by atoms with Crippen LogP contribution in [-0.2, 0) is 16.2 Å². The van der Waals surface area contributed by atoms with Crippen molar-refractivity contribution in [3.63, 3.8) is 0 Å². The summed E-state index contributed by atoms with van der Waals surface area (Å²) < 4.78 is 1.84. The van der Waals surface area contributed by atoms with Crippen LogP contribution < -0.4 is 0 Å². The minimum absolute atomic E-state index is 0.297. The fourth-order valence-electron chi connectivity index (χ4n) is 1.72. The van der Waals surface area contributed by atoms with E-state index in [1.165, 1.54) is 0 Å². The van der Waals surface area contributed by atoms with Crippen molar-refractivity contribution in [1.29, 1.82) is 0 Å². The number of rotatable bonds is 3. The van der Waals surface area contributed by atoms with E-state index in [0.717, 1.165) is 17.8 Å². The highest BCUT2D eigenvalue weighted by molar-refractivity contribution is 6.04. The molecule has 6 nitrogen and oxygen atoms in total. The second kappa shape index (κ2) is 3.96. The monoisotopic (exact) mass is 223 g/mol. The van der Waals surface area contributed by atoms with Crippen LogP contribution in [0.1, 0.15) is 24.6 Å². The Bertz CT molecular complexity index is 450. The minimum Gasteiger partial charge on any atom is -0.478 e. The highest BCUT2D eigenvalue weighted by Crippen LogP contribution is 2.19. The second-order valence-corrected chi connectivity index (χ2v) is 3.63. The lowest BCUT2D eigenvalue weighted by Gasteiger charge is -2.01. The molecule has 0 bridgehead atoms. The van der Waals surface area contributed by atoms with E-state index in [4.69, 9.17) is 9.94 Å². The summed E-state index contributed by atoms with van der Waals surface area (Å²) in [5.74, 6) is -0.987. The summed E-state index contributed by atoms with van der Waals surface area (Å²) in [6.07, 6.45) is 1.14. The molecular weight excluding hydrogens is 210 g/mol. The topological polar surface area (TPSA) is 76.7 Å². The van der Waals surface area contributed by atoms with Crippen LogP contribution in [-0.4, -0.2) is 32.7 Å². The van der Waals surface area contributed by atoms with Crippen LogP contribution in [0, 0.1) is 6.92 Å². The molecule has 2 heterocycles. The van der Waals surface area contributed by atoms with Gasteiger partial charge >= 0.3 is 5.97 Å². The van der Waals surface area contributed by atoms with Gasteiger partial charge in [0.25, 0.3) is 0 Å². The molecule has 1 aromatic rings. The fraction of sp³-hybridized carbons (Fsp3) is 0.500. The lowest BCUT2D eigenvalue weighted by Crippen LogP contribution is -2.20. The van der Waals surface area contributed by atoms with Crippen molar-refractivity contribution in [3.05, 3.63) is 17.5 Å². The number of carboxylic acid groups (broad SMARTS) is 1. The van der Waals surface area contributed by atoms with Gasteiger partial charge in [-0.05, 0) is 13.8 Å². The predicted molar refractivity (Wildman–Crippen MR) is 56.3 cm³/mol. The molecule has 0 spiro atoms. The van der Waals surface area contributed by atoms with Crippen molar-refractivity contribution in [2.45, 2.75) is 32.9 Å². The molecule has 0 radical (unpaired) electrons. The number of nitrogens with zero attached hydrogens (tertiary/aromatic N) is 3. The summed E-state index contributed by atoms with van der Waals surface area (Å²) in [6, 6.07) is 0. The first-order valence-corrected chi connectivity index (χ1v) is 5.11. The molecule has 1 N–H and O–H groups in total. The van der Waals surface area contributed by atoms with Crippen LogP contribution in [0.15, 0.2) is 11.4 Å². The Labute approximate surface area is 92.5 Å². The molecule has 6 heteroatoms. The molecule has 0 unspecified atom stereocenters. The van der Waals surface area contributed by atoms with E-state index < -0.39 is 12.1 Å². The number of hydrogen-bond acceptors (Lipinski definition) is 4. The van der Waals surface area contributed by atoms with Gasteiger partial charge in [-0.3, -0.25) is 4.68 Å². The third-order valence-corrected chi connectivity index (χ3v) is 2.66. The molecular formula is C10H13N3O3. The van der Waals surface area contributed by atoms with Gasteiger partial charge in [0, 0.05) is 24.2 Å². The molecule has 0 saturated heterocycles. The molecule has 0 amide bonds. The van der Waals surface area contributed by atoms with Gasteiger partial charge in [0.2, 0.25) is 6.10 Å². The molecule has 1 aromatic heterocycles. The van der Waals surface area contributed by atoms with E-state index in [1.54, 1.807) is 6.20 Å². The van der Waals surface area contributed by atoms with E-state index in [0.29, 0.717) is 12.1 Å². The van der Waals surface area contributed by atoms with Crippen LogP contribution in [0.25, 0.3) is 0 Å². The molecule has 0 fully saturated rings. The quantitative estimate of drug-likeness (QED) is 0.821. The van der Waals surface area contributed by atoms with Crippen LogP contribution in [0.2, 0.25) is 0 Å². The molecule has 1 atom stereocenters. The summed E-state index contributed by atoms with van der Waals surface area (Å²) in [5, 5.41) is 16.8. The third kappa shape index (κ3) is 1.66. The number of aryl methyl sites for hydroxylation is 1. The lowest BCUT2D eigenvalue weighted by molar-refractivity contribution is -0.148. The van der Waals surface area contributed by atoms with E-state index >= 15 is 0 Å². The van der Waals surface area contributed by atoms with Crippen molar-refractivity contribution in [3.8, 4) is 0 Å². The van der Waals surface area contributed by atoms with Crippen molar-refractivity contribution in [2.24, 2.45) is 5.16 Å². The zero-order valence-corrected chi connectivity index (χ0v) is 9.17. The first kappa shape index (κ1) is 10.7. The fourth-order valence-corrected chi connectivity index (χ4v) is 1.72. The number of hydrogen-bond donors (Lipinski definition) is 1. The van der Waals surface area contributed by atoms with Gasteiger partial charge in [-0.1, -0.05) is 5.16 Å². The van der Waals surface area contributed by atoms with E-state index in [9.17, 15) is 4.79 Å². The Morgan fingerprint density at radius 1 is 1.75 bits per heavy atom. The van der Waals surface area contributed by atoms with Crippen molar-refractivity contribution in [1.82, 2.24) is 9.78 Å². The Kier molecular flexibility index (Phi) is 2.64. The van der Waals surface area contributed by atoms with Gasteiger partial charge < -0.3 is 9.94 Å². The maximum atomic E-state index is 10.7. The van der Waals surface area contributed by atoms with Crippen LogP contribution in [0.4, 0.5) is 0 Å². The van der Waals surface area contributed by atoms with Gasteiger partial charge in [-0.15, -0.1) is 0 Å². The summed E-state index contributed by atoms with van der Waals surface area (Å²) >= 11 is 0. The molecule has 0 aromatic carbocycles. The highest BCUT2D eigenvalue weighted by atomic mass is 16.7. The SMILES string of the molecule is CCn1ncc(C2=NO[C@@H](C(=O)O)C2)c1C. The van der Waals surface area contributed by atoms with Gasteiger partial charge in [0.05, 0.1) is 11.9 Å². The Morgan fingerprint density at radius 2 is 2.50 bits per heavy atom. The molecule has 1 aliphatic rings. The molecule has 0 saturated carbocycles. The van der Waals surface area contributed by atoms with Crippen molar-refractivity contribution in [2.75, 3.05) is 0 Å². The maximum Gasteiger partial charge on any atom is 0.348 e. The van der Waals surface area contributed by atoms with Gasteiger partial charge in [-0.2, -0.15) is 5.10 Å². The first-order chi connectivity index (χ1) is 7.63. The van der Waals surface area contributed by atoms with Gasteiger partial charge in [-0.25, -0.2) is 4.79 Å². The summed E-state index contributed by atoms with van der Waals surface area (Å²) in [6.45, 7) is 4.71. The van der Waals surface area contributed by atoms with E-state index in [1.807, 2.05) is 18.5 Å². The summed E-state index contributed by atoms with van der Waals surface area (Å²) in [5.41, 5.74) is 2.51. The first-order valence-electron chi connectivity index (χ1n) is 5.11. The normalized spacial score (nSPS) is 19.4. The average molecular weight is 223 g/mol. The summed E-state index contributed by atoms with van der Waals surface area (Å²) in [7, 11) is 0. The smallest absolute Gasteiger partial charge is 0.348 e. The Morgan fingerprint density at radius 3 is 3.00 bits per heavy atom. The number of carbonyl (C=O) groups is 1. The van der Waals surface area contributed by atoms with Crippen LogP contribution >= 0.6 is 0 Å². The maximum absolute atomic E-state index is 10.7. The number of aliphatic carboxylic acids is 1. The van der Waals surface area contributed by atoms with Crippen molar-refractivity contribution < 1.29 is 14.7 Å². The zero-order valence-electron chi connectivity index (χ0n) is 9.17. The minimum atomic E-state index is -0.987. The van der Waals surface area contributed by atoms with Gasteiger partial charge in [0.1, 0.15) is 0 Å². The third-order valence-electron chi connectivity index (χ3n) is 2.66. The predicted octanol–water partition coefficient (Wildman–Crippen LogP) is 0.789. The van der Waals surface area contributed by atoms with Crippen LogP contribution in [0.3, 0.4) is 0 Å². The summed E-state index contributed by atoms with van der Waals surface area (Å²) in [4.78, 5) is 15.5. The number of carboxylic acids is 1. The molecule has 2 rings (SSSR count). The number of oxime groups is 1. The van der Waals surface area contributed by atoms with Crippen LogP contribution in [0.5, 0.6) is 0 Å². The average Bonchev–Trinajstić information content (AvgIpc) is 2.83. The second-order valence-electron chi connectivity index (χ2n) is 3.63. The molecule has 86 valence electrons. The molecule has 1 aliphatic heterocycles. The zero-order chi connectivity index (χ0) is 11.7. The van der Waals surface area contributed by atoms with Gasteiger partial charge in [0.15, 0.2) is 0 Å². The Hall–Kier alpha value is -1.85. The molecule has 0 aliphatic carbocycles. The van der Waals surface area contributed by atoms with Crippen molar-refractivity contribution >= 4 is 11.7 Å². The lowest BCUT2D eigenvalue weighted by atomic mass is 10.1.